The van der Waals surface area contributed by atoms with Gasteiger partial charge in [0.1, 0.15) is 5.75 Å². The first-order valence-corrected chi connectivity index (χ1v) is 6.19. The molecule has 3 heteroatoms. The van der Waals surface area contributed by atoms with Gasteiger partial charge in [0, 0.05) is 19.6 Å². The van der Waals surface area contributed by atoms with Gasteiger partial charge in [-0.3, -0.25) is 0 Å². The van der Waals surface area contributed by atoms with Crippen molar-refractivity contribution < 1.29 is 9.47 Å². The van der Waals surface area contributed by atoms with Crippen LogP contribution in [0.3, 0.4) is 0 Å². The number of ether oxygens (including phenoxy) is 2. The lowest BCUT2D eigenvalue weighted by Gasteiger charge is -2.16. The summed E-state index contributed by atoms with van der Waals surface area (Å²) in [4.78, 5) is 0. The van der Waals surface area contributed by atoms with E-state index < -0.39 is 0 Å². The Bertz CT molecular complexity index is 319. The molecule has 0 aliphatic rings. The van der Waals surface area contributed by atoms with Gasteiger partial charge in [-0.25, -0.2) is 0 Å². The molecule has 0 aliphatic carbocycles. The average Bonchev–Trinajstić information content (AvgIpc) is 2.31. The third kappa shape index (κ3) is 4.36. The Morgan fingerprint density at radius 2 is 1.88 bits per heavy atom. The van der Waals surface area contributed by atoms with Crippen LogP contribution < -0.4 is 10.5 Å². The Morgan fingerprint density at radius 1 is 1.24 bits per heavy atom. The third-order valence-corrected chi connectivity index (χ3v) is 2.76. The number of aryl methyl sites for hydroxylation is 2. The van der Waals surface area contributed by atoms with Crippen LogP contribution in [0, 0.1) is 13.8 Å². The lowest BCUT2D eigenvalue weighted by atomic mass is 10.1. The van der Waals surface area contributed by atoms with Crippen molar-refractivity contribution in [1.29, 1.82) is 0 Å². The van der Waals surface area contributed by atoms with Crippen LogP contribution in [-0.4, -0.2) is 25.9 Å². The first-order chi connectivity index (χ1) is 8.19. The van der Waals surface area contributed by atoms with Crippen LogP contribution in [-0.2, 0) is 4.74 Å². The van der Waals surface area contributed by atoms with E-state index in [-0.39, 0.29) is 6.10 Å². The minimum atomic E-state index is 0.101. The van der Waals surface area contributed by atoms with Crippen molar-refractivity contribution >= 4 is 0 Å². The second-order valence-corrected chi connectivity index (χ2v) is 4.17. The number of para-hydroxylation sites is 1. The number of benzene rings is 1. The van der Waals surface area contributed by atoms with Gasteiger partial charge in [0.25, 0.3) is 0 Å². The van der Waals surface area contributed by atoms with Gasteiger partial charge < -0.3 is 15.2 Å². The van der Waals surface area contributed by atoms with Crippen molar-refractivity contribution in [1.82, 2.24) is 0 Å². The van der Waals surface area contributed by atoms with Gasteiger partial charge in [0.15, 0.2) is 0 Å². The largest absolute Gasteiger partial charge is 0.493 e. The maximum Gasteiger partial charge on any atom is 0.125 e. The molecule has 0 saturated carbocycles. The van der Waals surface area contributed by atoms with E-state index in [0.717, 1.165) is 12.2 Å². The van der Waals surface area contributed by atoms with Crippen molar-refractivity contribution in [2.45, 2.75) is 33.3 Å². The zero-order valence-corrected chi connectivity index (χ0v) is 11.0. The molecule has 2 N–H and O–H groups in total. The Kier molecular flexibility index (Phi) is 6.01. The highest BCUT2D eigenvalue weighted by Gasteiger charge is 2.08. The molecule has 1 aromatic carbocycles. The lowest BCUT2D eigenvalue weighted by molar-refractivity contribution is 0.0525. The summed E-state index contributed by atoms with van der Waals surface area (Å²) < 4.78 is 11.3. The summed E-state index contributed by atoms with van der Waals surface area (Å²) in [6.07, 6.45) is 0.933. The van der Waals surface area contributed by atoms with E-state index in [9.17, 15) is 0 Å². The fourth-order valence-electron chi connectivity index (χ4n) is 1.82. The van der Waals surface area contributed by atoms with Gasteiger partial charge in [0.05, 0.1) is 12.7 Å². The van der Waals surface area contributed by atoms with E-state index in [1.54, 1.807) is 0 Å². The summed E-state index contributed by atoms with van der Waals surface area (Å²) in [5, 5.41) is 0. The molecule has 1 unspecified atom stereocenters. The summed E-state index contributed by atoms with van der Waals surface area (Å²) in [6.45, 7) is 7.99. The molecule has 96 valence electrons. The number of hydrogen-bond acceptors (Lipinski definition) is 3. The number of hydrogen-bond donors (Lipinski definition) is 1. The predicted molar refractivity (Wildman–Crippen MR) is 70.5 cm³/mol. The summed E-state index contributed by atoms with van der Waals surface area (Å²) >= 11 is 0. The highest BCUT2D eigenvalue weighted by Crippen LogP contribution is 2.22. The molecular weight excluding hydrogens is 214 g/mol. The quantitative estimate of drug-likeness (QED) is 0.792. The molecule has 0 radical (unpaired) electrons. The van der Waals surface area contributed by atoms with Gasteiger partial charge in [-0.05, 0) is 31.9 Å². The van der Waals surface area contributed by atoms with Crippen LogP contribution in [0.25, 0.3) is 0 Å². The molecule has 0 amide bonds. The molecule has 17 heavy (non-hydrogen) atoms. The molecule has 0 aromatic heterocycles. The van der Waals surface area contributed by atoms with Crippen LogP contribution in [0.15, 0.2) is 18.2 Å². The molecule has 3 nitrogen and oxygen atoms in total. The molecule has 0 fully saturated rings. The summed E-state index contributed by atoms with van der Waals surface area (Å²) in [7, 11) is 0. The van der Waals surface area contributed by atoms with Crippen LogP contribution in [0.2, 0.25) is 0 Å². The van der Waals surface area contributed by atoms with E-state index in [0.29, 0.717) is 19.8 Å². The summed E-state index contributed by atoms with van der Waals surface area (Å²) in [5.41, 5.74) is 7.96. The first kappa shape index (κ1) is 14.0. The monoisotopic (exact) mass is 237 g/mol. The van der Waals surface area contributed by atoms with Crippen molar-refractivity contribution in [3.8, 4) is 5.75 Å². The van der Waals surface area contributed by atoms with Gasteiger partial charge in [-0.15, -0.1) is 0 Å². The van der Waals surface area contributed by atoms with Crippen molar-refractivity contribution in [3.05, 3.63) is 29.3 Å². The van der Waals surface area contributed by atoms with E-state index in [2.05, 4.69) is 26.0 Å². The molecule has 1 aromatic rings. The smallest absolute Gasteiger partial charge is 0.125 e. The van der Waals surface area contributed by atoms with Gasteiger partial charge >= 0.3 is 0 Å². The van der Waals surface area contributed by atoms with E-state index in [1.165, 1.54) is 11.1 Å². The van der Waals surface area contributed by atoms with Crippen LogP contribution >= 0.6 is 0 Å². The van der Waals surface area contributed by atoms with Crippen LogP contribution in [0.1, 0.15) is 24.5 Å². The second kappa shape index (κ2) is 7.30. The summed E-state index contributed by atoms with van der Waals surface area (Å²) in [6, 6.07) is 6.16. The number of rotatable bonds is 7. The van der Waals surface area contributed by atoms with Crippen LogP contribution in [0.5, 0.6) is 5.75 Å². The fourth-order valence-corrected chi connectivity index (χ4v) is 1.82. The van der Waals surface area contributed by atoms with Crippen molar-refractivity contribution in [2.75, 3.05) is 19.8 Å². The van der Waals surface area contributed by atoms with Gasteiger partial charge in [-0.1, -0.05) is 18.2 Å². The molecule has 0 heterocycles. The zero-order chi connectivity index (χ0) is 12.7. The van der Waals surface area contributed by atoms with Crippen molar-refractivity contribution in [2.24, 2.45) is 5.73 Å². The molecular formula is C14H23NO2. The highest BCUT2D eigenvalue weighted by atomic mass is 16.5. The Morgan fingerprint density at radius 3 is 2.41 bits per heavy atom. The van der Waals surface area contributed by atoms with E-state index in [4.69, 9.17) is 15.2 Å². The van der Waals surface area contributed by atoms with Gasteiger partial charge in [-0.2, -0.15) is 0 Å². The SMILES string of the molecule is CCOC(CN)CCOc1c(C)cccc1C. The Labute approximate surface area is 104 Å². The van der Waals surface area contributed by atoms with E-state index in [1.807, 2.05) is 13.0 Å². The maximum atomic E-state index is 5.81. The lowest BCUT2D eigenvalue weighted by Crippen LogP contribution is -2.26. The average molecular weight is 237 g/mol. The Balaban J connectivity index is 2.45. The van der Waals surface area contributed by atoms with Crippen molar-refractivity contribution in [3.63, 3.8) is 0 Å². The highest BCUT2D eigenvalue weighted by molar-refractivity contribution is 5.39. The molecule has 0 saturated heterocycles. The maximum absolute atomic E-state index is 5.81. The third-order valence-electron chi connectivity index (χ3n) is 2.76. The molecule has 0 spiro atoms. The topological polar surface area (TPSA) is 44.5 Å². The summed E-state index contributed by atoms with van der Waals surface area (Å²) in [5.74, 6) is 0.986. The minimum Gasteiger partial charge on any atom is -0.493 e. The molecule has 1 atom stereocenters. The molecule has 0 aliphatic heterocycles. The second-order valence-electron chi connectivity index (χ2n) is 4.17. The zero-order valence-electron chi connectivity index (χ0n) is 11.0. The minimum absolute atomic E-state index is 0.101. The molecule has 1 rings (SSSR count). The fraction of sp³-hybridized carbons (Fsp3) is 0.571. The van der Waals surface area contributed by atoms with Gasteiger partial charge in [0.2, 0.25) is 0 Å². The standard InChI is InChI=1S/C14H23NO2/c1-4-16-13(10-15)8-9-17-14-11(2)6-5-7-12(14)3/h5-7,13H,4,8-10,15H2,1-3H3. The molecule has 0 bridgehead atoms. The predicted octanol–water partition coefficient (Wildman–Crippen LogP) is 2.44. The van der Waals surface area contributed by atoms with E-state index >= 15 is 0 Å². The Hall–Kier alpha value is -1.06. The van der Waals surface area contributed by atoms with Crippen LogP contribution in [0.4, 0.5) is 0 Å². The normalized spacial score (nSPS) is 12.5. The number of nitrogens with two attached hydrogens (primary N) is 1. The first-order valence-electron chi connectivity index (χ1n) is 6.19.